The average molecular weight is 335 g/mol. The lowest BCUT2D eigenvalue weighted by Crippen LogP contribution is -2.36. The Morgan fingerprint density at radius 3 is 3.04 bits per heavy atom. The molecule has 4 heterocycles. The molecule has 0 saturated heterocycles. The van der Waals surface area contributed by atoms with Crippen LogP contribution < -0.4 is 0 Å². The summed E-state index contributed by atoms with van der Waals surface area (Å²) in [6, 6.07) is 0. The SMILES string of the molecule is O=C(c1nnc(-c2cnn(C(F)F)c2)o1)N1CCc2nc[nH]c2C1. The Labute approximate surface area is 133 Å². The van der Waals surface area contributed by atoms with E-state index in [1.807, 2.05) is 0 Å². The van der Waals surface area contributed by atoms with Gasteiger partial charge in [-0.3, -0.25) is 4.79 Å². The van der Waals surface area contributed by atoms with Crippen LogP contribution in [0, 0.1) is 0 Å². The molecule has 1 N–H and O–H groups in total. The van der Waals surface area contributed by atoms with E-state index >= 15 is 0 Å². The van der Waals surface area contributed by atoms with Gasteiger partial charge in [0.2, 0.25) is 0 Å². The van der Waals surface area contributed by atoms with E-state index in [1.54, 1.807) is 11.2 Å². The Balaban J connectivity index is 1.53. The molecule has 0 aliphatic carbocycles. The third kappa shape index (κ3) is 2.43. The lowest BCUT2D eigenvalue weighted by atomic mass is 10.1. The van der Waals surface area contributed by atoms with Crippen LogP contribution in [0.3, 0.4) is 0 Å². The predicted molar refractivity (Wildman–Crippen MR) is 73.8 cm³/mol. The van der Waals surface area contributed by atoms with Gasteiger partial charge >= 0.3 is 18.3 Å². The summed E-state index contributed by atoms with van der Waals surface area (Å²) >= 11 is 0. The molecule has 1 aliphatic heterocycles. The van der Waals surface area contributed by atoms with E-state index in [0.717, 1.165) is 17.6 Å². The Morgan fingerprint density at radius 2 is 2.25 bits per heavy atom. The van der Waals surface area contributed by atoms with Crippen molar-refractivity contribution >= 4 is 5.91 Å². The summed E-state index contributed by atoms with van der Waals surface area (Å²) in [5, 5.41) is 10.9. The number of aromatic amines is 1. The van der Waals surface area contributed by atoms with Gasteiger partial charge in [-0.15, -0.1) is 10.2 Å². The smallest absolute Gasteiger partial charge is 0.333 e. The minimum absolute atomic E-state index is 0.0375. The van der Waals surface area contributed by atoms with Gasteiger partial charge in [0.1, 0.15) is 0 Å². The molecule has 0 bridgehead atoms. The highest BCUT2D eigenvalue weighted by Gasteiger charge is 2.27. The van der Waals surface area contributed by atoms with E-state index in [-0.39, 0.29) is 17.3 Å². The minimum atomic E-state index is -2.76. The van der Waals surface area contributed by atoms with Gasteiger partial charge in [0.25, 0.3) is 5.89 Å². The second-order valence-corrected chi connectivity index (χ2v) is 5.20. The van der Waals surface area contributed by atoms with Gasteiger partial charge in [-0.25, -0.2) is 9.67 Å². The molecule has 0 atom stereocenters. The summed E-state index contributed by atoms with van der Waals surface area (Å²) in [5.41, 5.74) is 2.02. The fraction of sp³-hybridized carbons (Fsp3) is 0.308. The highest BCUT2D eigenvalue weighted by Crippen LogP contribution is 2.21. The summed E-state index contributed by atoms with van der Waals surface area (Å²) in [4.78, 5) is 21.2. The van der Waals surface area contributed by atoms with E-state index in [1.165, 1.54) is 6.20 Å². The van der Waals surface area contributed by atoms with Crippen molar-refractivity contribution in [2.24, 2.45) is 0 Å². The predicted octanol–water partition coefficient (Wildman–Crippen LogP) is 1.25. The van der Waals surface area contributed by atoms with Gasteiger partial charge in [0, 0.05) is 19.2 Å². The topological polar surface area (TPSA) is 106 Å². The van der Waals surface area contributed by atoms with Crippen molar-refractivity contribution in [3.63, 3.8) is 0 Å². The van der Waals surface area contributed by atoms with Crippen molar-refractivity contribution in [3.8, 4) is 11.5 Å². The lowest BCUT2D eigenvalue weighted by molar-refractivity contribution is 0.0566. The monoisotopic (exact) mass is 335 g/mol. The maximum Gasteiger partial charge on any atom is 0.333 e. The van der Waals surface area contributed by atoms with Crippen LogP contribution in [0.1, 0.15) is 28.6 Å². The van der Waals surface area contributed by atoms with Gasteiger partial charge in [-0.05, 0) is 0 Å². The number of nitrogens with one attached hydrogen (secondary N) is 1. The van der Waals surface area contributed by atoms with Crippen molar-refractivity contribution < 1.29 is 18.0 Å². The van der Waals surface area contributed by atoms with Crippen LogP contribution in [0.25, 0.3) is 11.5 Å². The zero-order chi connectivity index (χ0) is 16.7. The first-order valence-electron chi connectivity index (χ1n) is 7.08. The van der Waals surface area contributed by atoms with Gasteiger partial charge in [-0.1, -0.05) is 0 Å². The quantitative estimate of drug-likeness (QED) is 0.772. The number of hydrogen-bond donors (Lipinski definition) is 1. The van der Waals surface area contributed by atoms with Crippen LogP contribution in [0.5, 0.6) is 0 Å². The Hall–Kier alpha value is -3.11. The largest absolute Gasteiger partial charge is 0.412 e. The highest BCUT2D eigenvalue weighted by molar-refractivity contribution is 5.89. The molecule has 124 valence electrons. The summed E-state index contributed by atoms with van der Waals surface area (Å²) < 4.78 is 30.8. The van der Waals surface area contributed by atoms with Crippen LogP contribution in [-0.4, -0.2) is 47.3 Å². The van der Waals surface area contributed by atoms with E-state index in [4.69, 9.17) is 4.42 Å². The van der Waals surface area contributed by atoms with Gasteiger partial charge in [0.05, 0.1) is 36.0 Å². The highest BCUT2D eigenvalue weighted by atomic mass is 19.3. The van der Waals surface area contributed by atoms with E-state index in [9.17, 15) is 13.6 Å². The summed E-state index contributed by atoms with van der Waals surface area (Å²) in [6.07, 6.45) is 4.47. The van der Waals surface area contributed by atoms with Crippen molar-refractivity contribution in [1.82, 2.24) is 34.8 Å². The number of fused-ring (bicyclic) bond motifs is 1. The molecule has 0 fully saturated rings. The van der Waals surface area contributed by atoms with E-state index < -0.39 is 12.5 Å². The fourth-order valence-electron chi connectivity index (χ4n) is 2.50. The molecule has 4 rings (SSSR count). The molecule has 0 radical (unpaired) electrons. The molecule has 0 unspecified atom stereocenters. The van der Waals surface area contributed by atoms with E-state index in [0.29, 0.717) is 24.2 Å². The molecular formula is C13H11F2N7O2. The summed E-state index contributed by atoms with van der Waals surface area (Å²) in [7, 11) is 0. The molecule has 1 aliphatic rings. The summed E-state index contributed by atoms with van der Waals surface area (Å²) in [5.74, 6) is -0.655. The van der Waals surface area contributed by atoms with Crippen LogP contribution in [0.2, 0.25) is 0 Å². The van der Waals surface area contributed by atoms with Crippen LogP contribution in [0.15, 0.2) is 23.1 Å². The van der Waals surface area contributed by atoms with Crippen LogP contribution in [0.4, 0.5) is 8.78 Å². The average Bonchev–Trinajstić information content (AvgIpc) is 3.31. The maximum atomic E-state index is 12.5. The van der Waals surface area contributed by atoms with Crippen LogP contribution >= 0.6 is 0 Å². The second-order valence-electron chi connectivity index (χ2n) is 5.20. The number of halogens is 2. The molecular weight excluding hydrogens is 324 g/mol. The number of H-pyrrole nitrogens is 1. The molecule has 3 aromatic rings. The molecule has 11 heteroatoms. The zero-order valence-electron chi connectivity index (χ0n) is 12.2. The van der Waals surface area contributed by atoms with Crippen LogP contribution in [-0.2, 0) is 13.0 Å². The third-order valence-corrected chi connectivity index (χ3v) is 3.72. The van der Waals surface area contributed by atoms with Gasteiger partial charge in [0.15, 0.2) is 0 Å². The van der Waals surface area contributed by atoms with Crippen molar-refractivity contribution in [1.29, 1.82) is 0 Å². The molecule has 0 aromatic carbocycles. The molecule has 9 nitrogen and oxygen atoms in total. The molecule has 1 amide bonds. The number of alkyl halides is 2. The van der Waals surface area contributed by atoms with Crippen molar-refractivity contribution in [2.75, 3.05) is 6.54 Å². The number of carbonyl (C=O) groups excluding carboxylic acids is 1. The first kappa shape index (κ1) is 14.5. The lowest BCUT2D eigenvalue weighted by Gasteiger charge is -2.24. The van der Waals surface area contributed by atoms with Gasteiger partial charge in [-0.2, -0.15) is 13.9 Å². The zero-order valence-corrected chi connectivity index (χ0v) is 12.2. The Morgan fingerprint density at radius 1 is 1.38 bits per heavy atom. The number of aromatic nitrogens is 6. The van der Waals surface area contributed by atoms with Crippen molar-refractivity contribution in [2.45, 2.75) is 19.5 Å². The maximum absolute atomic E-state index is 12.5. The number of hydrogen-bond acceptors (Lipinski definition) is 6. The van der Waals surface area contributed by atoms with Crippen molar-refractivity contribution in [3.05, 3.63) is 36.0 Å². The third-order valence-electron chi connectivity index (χ3n) is 3.72. The summed E-state index contributed by atoms with van der Waals surface area (Å²) in [6.45, 7) is -1.91. The minimum Gasteiger partial charge on any atom is -0.412 e. The standard InChI is InChI=1S/C13H11F2N7O2/c14-13(15)22-4-7(3-18-22)10-19-20-11(24-10)12(23)21-2-1-8-9(5-21)17-6-16-8/h3-4,6,13H,1-2,5H2,(H,16,17). The van der Waals surface area contributed by atoms with E-state index in [2.05, 4.69) is 25.3 Å². The molecule has 0 saturated carbocycles. The first-order chi connectivity index (χ1) is 11.6. The number of nitrogens with zero attached hydrogens (tertiary/aromatic N) is 6. The normalized spacial score (nSPS) is 14.2. The number of amides is 1. The number of carbonyl (C=O) groups is 1. The molecule has 24 heavy (non-hydrogen) atoms. The molecule has 3 aromatic heterocycles. The molecule has 0 spiro atoms. The number of imidazole rings is 1. The fourth-order valence-corrected chi connectivity index (χ4v) is 2.50. The first-order valence-corrected chi connectivity index (χ1v) is 7.08. The second kappa shape index (κ2) is 5.51. The Bertz CT molecular complexity index is 884. The Kier molecular flexibility index (Phi) is 3.32. The van der Waals surface area contributed by atoms with Gasteiger partial charge < -0.3 is 14.3 Å². The number of rotatable bonds is 3.